The van der Waals surface area contributed by atoms with Crippen molar-refractivity contribution in [3.05, 3.63) is 70.9 Å². The Bertz CT molecular complexity index is 1110. The van der Waals surface area contributed by atoms with Gasteiger partial charge in [0.2, 0.25) is 11.8 Å². The summed E-state index contributed by atoms with van der Waals surface area (Å²) in [5.74, 6) is 0.337. The topological polar surface area (TPSA) is 62.3 Å². The van der Waals surface area contributed by atoms with E-state index in [1.54, 1.807) is 23.2 Å². The number of halogens is 3. The van der Waals surface area contributed by atoms with Crippen molar-refractivity contribution in [2.45, 2.75) is 31.9 Å². The standard InChI is InChI=1S/C24H22F3N3O2/c25-24(26,27)20-5-1-3-18(14-20)17-4-2-11-30(12-10-17)22(32)9-6-16-13-19-7-8-21(31)29-23(19)28-15-16/h1,3,5-6,9-10,13-15H,2,4,7-8,11-12H2,(H,28,29,31). The predicted octanol–water partition coefficient (Wildman–Crippen LogP) is 4.70. The van der Waals surface area contributed by atoms with E-state index in [1.807, 2.05) is 12.1 Å². The fourth-order valence-electron chi connectivity index (χ4n) is 3.87. The number of amides is 2. The zero-order chi connectivity index (χ0) is 22.7. The Hall–Kier alpha value is -3.42. The molecule has 166 valence electrons. The number of anilines is 1. The van der Waals surface area contributed by atoms with Gasteiger partial charge in [-0.2, -0.15) is 13.2 Å². The van der Waals surface area contributed by atoms with Crippen LogP contribution in [0.25, 0.3) is 11.6 Å². The second kappa shape index (κ2) is 8.98. The maximum Gasteiger partial charge on any atom is 0.416 e. The molecule has 0 fully saturated rings. The molecule has 1 aromatic heterocycles. The summed E-state index contributed by atoms with van der Waals surface area (Å²) in [6, 6.07) is 7.21. The summed E-state index contributed by atoms with van der Waals surface area (Å²) in [6.45, 7) is 0.861. The van der Waals surface area contributed by atoms with Gasteiger partial charge in [0.15, 0.2) is 0 Å². The summed E-state index contributed by atoms with van der Waals surface area (Å²) in [5.41, 5.74) is 2.38. The monoisotopic (exact) mass is 441 g/mol. The van der Waals surface area contributed by atoms with Gasteiger partial charge in [-0.3, -0.25) is 9.59 Å². The number of rotatable bonds is 3. The SMILES string of the molecule is O=C1CCc2cc(C=CC(=O)N3CC=C(c4cccc(C(F)(F)F)c4)CCC3)cnc2N1. The highest BCUT2D eigenvalue weighted by Gasteiger charge is 2.30. The summed E-state index contributed by atoms with van der Waals surface area (Å²) >= 11 is 0. The van der Waals surface area contributed by atoms with Crippen molar-refractivity contribution >= 4 is 29.3 Å². The lowest BCUT2D eigenvalue weighted by Gasteiger charge is -2.17. The number of hydrogen-bond acceptors (Lipinski definition) is 3. The number of carbonyl (C=O) groups is 2. The number of aryl methyl sites for hydroxylation is 1. The predicted molar refractivity (Wildman–Crippen MR) is 115 cm³/mol. The lowest BCUT2D eigenvalue weighted by atomic mass is 9.99. The molecule has 0 saturated heterocycles. The molecule has 0 aliphatic carbocycles. The molecule has 0 unspecified atom stereocenters. The number of nitrogens with one attached hydrogen (secondary N) is 1. The van der Waals surface area contributed by atoms with Gasteiger partial charge in [-0.1, -0.05) is 18.2 Å². The van der Waals surface area contributed by atoms with Crippen LogP contribution in [0, 0.1) is 0 Å². The third kappa shape index (κ3) is 5.07. The number of alkyl halides is 3. The third-order valence-electron chi connectivity index (χ3n) is 5.59. The Morgan fingerprint density at radius 3 is 2.81 bits per heavy atom. The minimum Gasteiger partial charge on any atom is -0.335 e. The van der Waals surface area contributed by atoms with Crippen molar-refractivity contribution in [1.29, 1.82) is 0 Å². The van der Waals surface area contributed by atoms with Gasteiger partial charge in [0, 0.05) is 31.8 Å². The summed E-state index contributed by atoms with van der Waals surface area (Å²) in [5, 5.41) is 2.72. The normalized spacial score (nSPS) is 16.9. The van der Waals surface area contributed by atoms with E-state index < -0.39 is 11.7 Å². The number of nitrogens with zero attached hydrogens (tertiary/aromatic N) is 2. The molecule has 2 aliphatic rings. The Labute approximate surface area is 183 Å². The second-order valence-corrected chi connectivity index (χ2v) is 7.85. The molecule has 0 atom stereocenters. The Morgan fingerprint density at radius 1 is 1.16 bits per heavy atom. The maximum absolute atomic E-state index is 13.0. The molecule has 1 aromatic carbocycles. The van der Waals surface area contributed by atoms with Crippen LogP contribution >= 0.6 is 0 Å². The number of allylic oxidation sites excluding steroid dienone is 1. The van der Waals surface area contributed by atoms with Crippen LogP contribution in [0.3, 0.4) is 0 Å². The average Bonchev–Trinajstić information content (AvgIpc) is 3.03. The van der Waals surface area contributed by atoms with Gasteiger partial charge in [0.25, 0.3) is 0 Å². The molecule has 8 heteroatoms. The van der Waals surface area contributed by atoms with Crippen molar-refractivity contribution in [1.82, 2.24) is 9.88 Å². The third-order valence-corrected chi connectivity index (χ3v) is 5.59. The van der Waals surface area contributed by atoms with Crippen molar-refractivity contribution < 1.29 is 22.8 Å². The molecular formula is C24H22F3N3O2. The van der Waals surface area contributed by atoms with Gasteiger partial charge in [0.1, 0.15) is 5.82 Å². The van der Waals surface area contributed by atoms with E-state index in [9.17, 15) is 22.8 Å². The molecule has 32 heavy (non-hydrogen) atoms. The first-order valence-corrected chi connectivity index (χ1v) is 10.4. The minimum atomic E-state index is -4.38. The molecule has 0 spiro atoms. The summed E-state index contributed by atoms with van der Waals surface area (Å²) < 4.78 is 39.0. The molecule has 0 bridgehead atoms. The quantitative estimate of drug-likeness (QED) is 0.702. The molecule has 1 N–H and O–H groups in total. The van der Waals surface area contributed by atoms with Crippen LogP contribution in [0.15, 0.2) is 48.7 Å². The average molecular weight is 441 g/mol. The number of fused-ring (bicyclic) bond motifs is 1. The lowest BCUT2D eigenvalue weighted by Crippen LogP contribution is -2.29. The van der Waals surface area contributed by atoms with E-state index in [1.165, 1.54) is 12.1 Å². The smallest absolute Gasteiger partial charge is 0.335 e. The fourth-order valence-corrected chi connectivity index (χ4v) is 3.87. The van der Waals surface area contributed by atoms with Gasteiger partial charge >= 0.3 is 6.18 Å². The van der Waals surface area contributed by atoms with Crippen molar-refractivity contribution in [2.75, 3.05) is 18.4 Å². The zero-order valence-electron chi connectivity index (χ0n) is 17.3. The molecule has 2 aromatic rings. The van der Waals surface area contributed by atoms with Gasteiger partial charge in [-0.05, 0) is 65.8 Å². The molecule has 2 aliphatic heterocycles. The first-order chi connectivity index (χ1) is 15.3. The molecule has 4 rings (SSSR count). The summed E-state index contributed by atoms with van der Waals surface area (Å²) in [6.07, 6.45) is 4.51. The van der Waals surface area contributed by atoms with E-state index in [0.717, 1.165) is 28.8 Å². The van der Waals surface area contributed by atoms with E-state index >= 15 is 0 Å². The molecule has 3 heterocycles. The van der Waals surface area contributed by atoms with Crippen LogP contribution in [-0.2, 0) is 22.2 Å². The van der Waals surface area contributed by atoms with Gasteiger partial charge < -0.3 is 10.2 Å². The Morgan fingerprint density at radius 2 is 2.00 bits per heavy atom. The van der Waals surface area contributed by atoms with Crippen LogP contribution in [-0.4, -0.2) is 34.8 Å². The van der Waals surface area contributed by atoms with Gasteiger partial charge in [-0.25, -0.2) is 4.98 Å². The molecule has 2 amide bonds. The first kappa shape index (κ1) is 21.8. The van der Waals surface area contributed by atoms with E-state index in [0.29, 0.717) is 50.2 Å². The van der Waals surface area contributed by atoms with Crippen LogP contribution < -0.4 is 5.32 Å². The van der Waals surface area contributed by atoms with Crippen LogP contribution in [0.5, 0.6) is 0 Å². The van der Waals surface area contributed by atoms with E-state index in [-0.39, 0.29) is 11.8 Å². The molecular weight excluding hydrogens is 419 g/mol. The van der Waals surface area contributed by atoms with Gasteiger partial charge in [-0.15, -0.1) is 0 Å². The maximum atomic E-state index is 13.0. The van der Waals surface area contributed by atoms with Crippen molar-refractivity contribution in [2.24, 2.45) is 0 Å². The van der Waals surface area contributed by atoms with Crippen molar-refractivity contribution in [3.8, 4) is 0 Å². The lowest BCUT2D eigenvalue weighted by molar-refractivity contribution is -0.137. The Kier molecular flexibility index (Phi) is 6.12. The van der Waals surface area contributed by atoms with Crippen LogP contribution in [0.1, 0.15) is 41.5 Å². The molecule has 5 nitrogen and oxygen atoms in total. The van der Waals surface area contributed by atoms with Crippen molar-refractivity contribution in [3.63, 3.8) is 0 Å². The molecule has 0 radical (unpaired) electrons. The highest BCUT2D eigenvalue weighted by Crippen LogP contribution is 2.32. The van der Waals surface area contributed by atoms with Crippen LogP contribution in [0.2, 0.25) is 0 Å². The highest BCUT2D eigenvalue weighted by atomic mass is 19.4. The van der Waals surface area contributed by atoms with E-state index in [2.05, 4.69) is 10.3 Å². The number of benzene rings is 1. The minimum absolute atomic E-state index is 0.0535. The fraction of sp³-hybridized carbons (Fsp3) is 0.292. The number of aromatic nitrogens is 1. The Balaban J connectivity index is 1.43. The summed E-state index contributed by atoms with van der Waals surface area (Å²) in [4.78, 5) is 30.0. The largest absolute Gasteiger partial charge is 0.416 e. The second-order valence-electron chi connectivity index (χ2n) is 7.85. The highest BCUT2D eigenvalue weighted by molar-refractivity contribution is 5.94. The summed E-state index contributed by atoms with van der Waals surface area (Å²) in [7, 11) is 0. The zero-order valence-corrected chi connectivity index (χ0v) is 17.3. The molecule has 0 saturated carbocycles. The number of carbonyl (C=O) groups excluding carboxylic acids is 2. The van der Waals surface area contributed by atoms with Gasteiger partial charge in [0.05, 0.1) is 5.56 Å². The van der Waals surface area contributed by atoms with Crippen LogP contribution in [0.4, 0.5) is 19.0 Å². The van der Waals surface area contributed by atoms with E-state index in [4.69, 9.17) is 0 Å². The number of hydrogen-bond donors (Lipinski definition) is 1. The number of pyridine rings is 1. The first-order valence-electron chi connectivity index (χ1n) is 10.4.